The number of likely N-dealkylation sites (N-methyl/N-ethyl adjacent to an activating group) is 1. The van der Waals surface area contributed by atoms with Crippen molar-refractivity contribution in [2.24, 2.45) is 0 Å². The van der Waals surface area contributed by atoms with Gasteiger partial charge in [-0.15, -0.1) is 0 Å². The van der Waals surface area contributed by atoms with E-state index in [0.717, 1.165) is 12.2 Å². The summed E-state index contributed by atoms with van der Waals surface area (Å²) in [7, 11) is 3.95. The Morgan fingerprint density at radius 1 is 1.62 bits per heavy atom. The van der Waals surface area contributed by atoms with Crippen LogP contribution in [0.2, 0.25) is 0 Å². The van der Waals surface area contributed by atoms with E-state index in [1.54, 1.807) is 6.07 Å². The lowest BCUT2D eigenvalue weighted by atomic mass is 10.3. The SMILES string of the molecule is CCc1cc(C(=O)NCC(C)N(C)C)no1. The van der Waals surface area contributed by atoms with E-state index in [2.05, 4.69) is 10.5 Å². The molecule has 1 atom stereocenters. The van der Waals surface area contributed by atoms with Gasteiger partial charge >= 0.3 is 0 Å². The second-order valence-electron chi connectivity index (χ2n) is 4.05. The zero-order valence-electron chi connectivity index (χ0n) is 10.3. The maximum absolute atomic E-state index is 11.6. The Morgan fingerprint density at radius 2 is 2.31 bits per heavy atom. The third-order valence-corrected chi connectivity index (χ3v) is 2.58. The topological polar surface area (TPSA) is 58.4 Å². The molecule has 0 aliphatic carbocycles. The second-order valence-corrected chi connectivity index (χ2v) is 4.05. The number of rotatable bonds is 5. The highest BCUT2D eigenvalue weighted by atomic mass is 16.5. The molecule has 5 heteroatoms. The summed E-state index contributed by atoms with van der Waals surface area (Å²) in [6, 6.07) is 1.97. The Labute approximate surface area is 95.8 Å². The largest absolute Gasteiger partial charge is 0.361 e. The first kappa shape index (κ1) is 12.7. The molecule has 90 valence electrons. The lowest BCUT2D eigenvalue weighted by Gasteiger charge is -2.19. The Hall–Kier alpha value is -1.36. The van der Waals surface area contributed by atoms with Crippen LogP contribution in [0.15, 0.2) is 10.6 Å². The van der Waals surface area contributed by atoms with Crippen molar-refractivity contribution in [2.45, 2.75) is 26.3 Å². The smallest absolute Gasteiger partial charge is 0.273 e. The Balaban J connectivity index is 2.46. The molecule has 0 spiro atoms. The van der Waals surface area contributed by atoms with Gasteiger partial charge in [0.15, 0.2) is 5.69 Å². The van der Waals surface area contributed by atoms with Gasteiger partial charge in [-0.1, -0.05) is 12.1 Å². The minimum absolute atomic E-state index is 0.183. The maximum Gasteiger partial charge on any atom is 0.273 e. The molecule has 1 N–H and O–H groups in total. The standard InChI is InChI=1S/C11H19N3O2/c1-5-9-6-10(13-16-9)11(15)12-7-8(2)14(3)4/h6,8H,5,7H2,1-4H3,(H,12,15). The molecule has 0 fully saturated rings. The van der Waals surface area contributed by atoms with E-state index in [-0.39, 0.29) is 5.91 Å². The zero-order chi connectivity index (χ0) is 12.1. The van der Waals surface area contributed by atoms with Crippen LogP contribution in [0.4, 0.5) is 0 Å². The Bertz CT molecular complexity index is 347. The van der Waals surface area contributed by atoms with Gasteiger partial charge in [-0.25, -0.2) is 0 Å². The van der Waals surface area contributed by atoms with E-state index >= 15 is 0 Å². The number of nitrogens with zero attached hydrogens (tertiary/aromatic N) is 2. The number of hydrogen-bond acceptors (Lipinski definition) is 4. The third-order valence-electron chi connectivity index (χ3n) is 2.58. The van der Waals surface area contributed by atoms with Crippen LogP contribution in [-0.4, -0.2) is 42.6 Å². The normalized spacial score (nSPS) is 12.8. The molecular weight excluding hydrogens is 206 g/mol. The quantitative estimate of drug-likeness (QED) is 0.809. The number of carbonyl (C=O) groups excluding carboxylic acids is 1. The van der Waals surface area contributed by atoms with Crippen LogP contribution in [0, 0.1) is 0 Å². The molecule has 1 unspecified atom stereocenters. The van der Waals surface area contributed by atoms with E-state index in [1.165, 1.54) is 0 Å². The van der Waals surface area contributed by atoms with Crippen molar-refractivity contribution in [1.82, 2.24) is 15.4 Å². The fraction of sp³-hybridized carbons (Fsp3) is 0.636. The van der Waals surface area contributed by atoms with Gasteiger partial charge in [0.1, 0.15) is 5.76 Å². The molecule has 0 aliphatic rings. The summed E-state index contributed by atoms with van der Waals surface area (Å²) < 4.78 is 4.97. The lowest BCUT2D eigenvalue weighted by molar-refractivity contribution is 0.0934. The minimum Gasteiger partial charge on any atom is -0.361 e. The average molecular weight is 225 g/mol. The highest BCUT2D eigenvalue weighted by Gasteiger charge is 2.13. The van der Waals surface area contributed by atoms with Gasteiger partial charge < -0.3 is 14.7 Å². The molecule has 1 aromatic rings. The summed E-state index contributed by atoms with van der Waals surface area (Å²) in [5.41, 5.74) is 0.350. The van der Waals surface area contributed by atoms with Gasteiger partial charge in [-0.3, -0.25) is 4.79 Å². The second kappa shape index (κ2) is 5.65. The number of aryl methyl sites for hydroxylation is 1. The highest BCUT2D eigenvalue weighted by Crippen LogP contribution is 2.03. The van der Waals surface area contributed by atoms with E-state index in [1.807, 2.05) is 32.8 Å². The van der Waals surface area contributed by atoms with Crippen molar-refractivity contribution in [3.05, 3.63) is 17.5 Å². The van der Waals surface area contributed by atoms with Crippen LogP contribution in [-0.2, 0) is 6.42 Å². The molecule has 1 amide bonds. The van der Waals surface area contributed by atoms with Gasteiger partial charge in [0, 0.05) is 25.1 Å². The Morgan fingerprint density at radius 3 is 2.81 bits per heavy atom. The van der Waals surface area contributed by atoms with Crippen molar-refractivity contribution >= 4 is 5.91 Å². The molecule has 0 radical (unpaired) electrons. The maximum atomic E-state index is 11.6. The van der Waals surface area contributed by atoms with Crippen molar-refractivity contribution in [3.8, 4) is 0 Å². The first-order chi connectivity index (χ1) is 7.54. The molecule has 0 aliphatic heterocycles. The minimum atomic E-state index is -0.183. The van der Waals surface area contributed by atoms with Gasteiger partial charge in [0.2, 0.25) is 0 Å². The van der Waals surface area contributed by atoms with Crippen LogP contribution in [0.5, 0.6) is 0 Å². The highest BCUT2D eigenvalue weighted by molar-refractivity contribution is 5.92. The van der Waals surface area contributed by atoms with Crippen LogP contribution in [0.1, 0.15) is 30.1 Å². The number of amides is 1. The van der Waals surface area contributed by atoms with E-state index < -0.39 is 0 Å². The van der Waals surface area contributed by atoms with Gasteiger partial charge in [0.25, 0.3) is 5.91 Å². The summed E-state index contributed by atoms with van der Waals surface area (Å²) in [5, 5.41) is 6.52. The summed E-state index contributed by atoms with van der Waals surface area (Å²) in [6.45, 7) is 4.59. The van der Waals surface area contributed by atoms with Gasteiger partial charge in [0.05, 0.1) is 0 Å². The first-order valence-electron chi connectivity index (χ1n) is 5.44. The summed E-state index contributed by atoms with van der Waals surface area (Å²) in [6.07, 6.45) is 0.744. The predicted molar refractivity (Wildman–Crippen MR) is 61.4 cm³/mol. The molecule has 0 saturated heterocycles. The van der Waals surface area contributed by atoms with Crippen molar-refractivity contribution < 1.29 is 9.32 Å². The molecule has 0 aromatic carbocycles. The number of aromatic nitrogens is 1. The average Bonchev–Trinajstić information content (AvgIpc) is 2.73. The van der Waals surface area contributed by atoms with Crippen LogP contribution in [0.25, 0.3) is 0 Å². The van der Waals surface area contributed by atoms with Crippen molar-refractivity contribution in [2.75, 3.05) is 20.6 Å². The number of carbonyl (C=O) groups is 1. The molecular formula is C11H19N3O2. The molecule has 0 saturated carbocycles. The van der Waals surface area contributed by atoms with E-state index in [0.29, 0.717) is 18.3 Å². The third kappa shape index (κ3) is 3.34. The van der Waals surface area contributed by atoms with Gasteiger partial charge in [-0.05, 0) is 21.0 Å². The van der Waals surface area contributed by atoms with Crippen molar-refractivity contribution in [1.29, 1.82) is 0 Å². The van der Waals surface area contributed by atoms with Crippen LogP contribution in [0.3, 0.4) is 0 Å². The van der Waals surface area contributed by atoms with E-state index in [9.17, 15) is 4.79 Å². The monoisotopic (exact) mass is 225 g/mol. The first-order valence-corrected chi connectivity index (χ1v) is 5.44. The van der Waals surface area contributed by atoms with E-state index in [4.69, 9.17) is 4.52 Å². The molecule has 0 bridgehead atoms. The fourth-order valence-corrected chi connectivity index (χ4v) is 1.10. The van der Waals surface area contributed by atoms with Crippen LogP contribution < -0.4 is 5.32 Å². The molecule has 1 aromatic heterocycles. The Kier molecular flexibility index (Phi) is 4.49. The summed E-state index contributed by atoms with van der Waals surface area (Å²) in [5.74, 6) is 0.544. The molecule has 16 heavy (non-hydrogen) atoms. The summed E-state index contributed by atoms with van der Waals surface area (Å²) >= 11 is 0. The lowest BCUT2D eigenvalue weighted by Crippen LogP contribution is -2.38. The van der Waals surface area contributed by atoms with Crippen LogP contribution >= 0.6 is 0 Å². The molecule has 5 nitrogen and oxygen atoms in total. The summed E-state index contributed by atoms with van der Waals surface area (Å²) in [4.78, 5) is 13.7. The number of hydrogen-bond donors (Lipinski definition) is 1. The molecule has 1 heterocycles. The predicted octanol–water partition coefficient (Wildman–Crippen LogP) is 0.917. The zero-order valence-corrected chi connectivity index (χ0v) is 10.3. The molecule has 1 rings (SSSR count). The van der Waals surface area contributed by atoms with Crippen molar-refractivity contribution in [3.63, 3.8) is 0 Å². The van der Waals surface area contributed by atoms with Gasteiger partial charge in [-0.2, -0.15) is 0 Å². The fourth-order valence-electron chi connectivity index (χ4n) is 1.10. The number of nitrogens with one attached hydrogen (secondary N) is 1.